The first kappa shape index (κ1) is 15.5. The Morgan fingerprint density at radius 2 is 1.50 bits per heavy atom. The number of carbonyl (C=O) groups is 1. The van der Waals surface area contributed by atoms with Gasteiger partial charge in [0, 0.05) is 8.95 Å². The fourth-order valence-electron chi connectivity index (χ4n) is 2.16. The average molecular weight is 414 g/mol. The topological polar surface area (TPSA) is 37.3 Å². The van der Waals surface area contributed by atoms with Crippen molar-refractivity contribution in [2.45, 2.75) is 13.1 Å². The molecule has 0 aliphatic carbocycles. The van der Waals surface area contributed by atoms with E-state index in [0.717, 1.165) is 0 Å². The fraction of sp³-hybridized carbons (Fsp3) is 0.133. The van der Waals surface area contributed by atoms with Crippen LogP contribution in [0.5, 0.6) is 0 Å². The van der Waals surface area contributed by atoms with Crippen LogP contribution in [0.1, 0.15) is 10.4 Å². The highest BCUT2D eigenvalue weighted by Crippen LogP contribution is 2.25. The van der Waals surface area contributed by atoms with E-state index in [1.54, 1.807) is 0 Å². The molecule has 0 aliphatic rings. The second kappa shape index (κ2) is 5.83. The summed E-state index contributed by atoms with van der Waals surface area (Å²) in [6.07, 6.45) is 0. The van der Waals surface area contributed by atoms with Crippen molar-refractivity contribution in [2.75, 3.05) is 0 Å². The molecule has 0 aromatic heterocycles. The Kier molecular flexibility index (Phi) is 4.51. The van der Waals surface area contributed by atoms with E-state index in [9.17, 15) is 9.90 Å². The minimum Gasteiger partial charge on any atom is -0.478 e. The zero-order valence-electron chi connectivity index (χ0n) is 11.2. The molecule has 0 radical (unpaired) electrons. The fourth-order valence-corrected chi connectivity index (χ4v) is 6.48. The lowest BCUT2D eigenvalue weighted by Gasteiger charge is -2.24. The van der Waals surface area contributed by atoms with Crippen molar-refractivity contribution < 1.29 is 9.90 Å². The largest absolute Gasteiger partial charge is 0.478 e. The van der Waals surface area contributed by atoms with E-state index in [2.05, 4.69) is 57.1 Å². The molecule has 0 saturated heterocycles. The van der Waals surface area contributed by atoms with E-state index in [4.69, 9.17) is 0 Å². The van der Waals surface area contributed by atoms with Crippen LogP contribution in [0.15, 0.2) is 51.4 Å². The van der Waals surface area contributed by atoms with Gasteiger partial charge in [-0.05, 0) is 44.0 Å². The summed E-state index contributed by atoms with van der Waals surface area (Å²) in [5.74, 6) is -0.936. The highest BCUT2D eigenvalue weighted by atomic mass is 79.9. The lowest BCUT2D eigenvalue weighted by atomic mass is 10.2. The summed E-state index contributed by atoms with van der Waals surface area (Å²) in [6.45, 7) is 4.52. The summed E-state index contributed by atoms with van der Waals surface area (Å²) in [5, 5.41) is 11.7. The average Bonchev–Trinajstić information content (AvgIpc) is 2.38. The lowest BCUT2D eigenvalue weighted by molar-refractivity contribution is 0.0695. The molecule has 0 spiro atoms. The summed E-state index contributed by atoms with van der Waals surface area (Å²) in [6, 6.07) is 14.2. The second-order valence-electron chi connectivity index (χ2n) is 5.11. The van der Waals surface area contributed by atoms with Crippen LogP contribution >= 0.6 is 31.9 Å². The zero-order chi connectivity index (χ0) is 14.9. The maximum atomic E-state index is 11.2. The first-order valence-corrected chi connectivity index (χ1v) is 10.7. The summed E-state index contributed by atoms with van der Waals surface area (Å²) in [4.78, 5) is 11.2. The molecule has 104 valence electrons. The molecule has 2 nitrogen and oxygen atoms in total. The van der Waals surface area contributed by atoms with Gasteiger partial charge in [0.2, 0.25) is 0 Å². The third-order valence-electron chi connectivity index (χ3n) is 3.47. The molecule has 1 N–H and O–H groups in total. The van der Waals surface area contributed by atoms with E-state index < -0.39 is 14.0 Å². The van der Waals surface area contributed by atoms with E-state index in [1.807, 2.05) is 30.3 Å². The van der Waals surface area contributed by atoms with Crippen LogP contribution in [-0.4, -0.2) is 19.1 Å². The number of aromatic carboxylic acids is 1. The van der Waals surface area contributed by atoms with Crippen molar-refractivity contribution in [2.24, 2.45) is 0 Å². The molecule has 2 aromatic carbocycles. The zero-order valence-corrected chi connectivity index (χ0v) is 15.3. The van der Waals surface area contributed by atoms with Gasteiger partial charge in [0.1, 0.15) is 8.07 Å². The number of rotatable bonds is 3. The molecular weight excluding hydrogens is 400 g/mol. The molecule has 20 heavy (non-hydrogen) atoms. The Labute approximate surface area is 136 Å². The van der Waals surface area contributed by atoms with Gasteiger partial charge in [0.05, 0.1) is 5.56 Å². The molecule has 0 atom stereocenters. The van der Waals surface area contributed by atoms with Crippen LogP contribution in [0.25, 0.3) is 0 Å². The first-order chi connectivity index (χ1) is 9.34. The molecule has 0 saturated carbocycles. The molecule has 0 aliphatic heterocycles. The first-order valence-electron chi connectivity index (χ1n) is 6.12. The smallest absolute Gasteiger partial charge is 0.337 e. The van der Waals surface area contributed by atoms with Gasteiger partial charge in [-0.3, -0.25) is 0 Å². The summed E-state index contributed by atoms with van der Waals surface area (Å²) in [5.41, 5.74) is 0.270. The van der Waals surface area contributed by atoms with Crippen molar-refractivity contribution in [3.8, 4) is 0 Å². The van der Waals surface area contributed by atoms with Gasteiger partial charge in [-0.15, -0.1) is 0 Å². The number of hydrogen-bond acceptors (Lipinski definition) is 1. The van der Waals surface area contributed by atoms with Gasteiger partial charge in [0.15, 0.2) is 0 Å². The second-order valence-corrected chi connectivity index (χ2v) is 11.2. The maximum Gasteiger partial charge on any atom is 0.337 e. The van der Waals surface area contributed by atoms with Crippen molar-refractivity contribution in [3.63, 3.8) is 0 Å². The van der Waals surface area contributed by atoms with Crippen LogP contribution in [0, 0.1) is 0 Å². The van der Waals surface area contributed by atoms with Crippen molar-refractivity contribution in [1.29, 1.82) is 0 Å². The molecule has 0 fully saturated rings. The molecule has 5 heteroatoms. The van der Waals surface area contributed by atoms with E-state index in [0.29, 0.717) is 8.95 Å². The molecule has 0 amide bonds. The van der Waals surface area contributed by atoms with Gasteiger partial charge in [-0.2, -0.15) is 0 Å². The Hall–Kier alpha value is -0.913. The Bertz CT molecular complexity index is 631. The third kappa shape index (κ3) is 2.89. The minimum atomic E-state index is -1.83. The number of benzene rings is 2. The summed E-state index contributed by atoms with van der Waals surface area (Å²) in [7, 11) is -1.83. The predicted octanol–water partition coefficient (Wildman–Crippen LogP) is 3.73. The molecule has 2 rings (SSSR count). The standard InChI is InChI=1S/C15H14Br2O2Si/c1-20(2,10-6-4-3-5-7-10)11-8-12(16)14(15(18)19)13(17)9-11/h3-9H,1-2H3,(H,18,19). The lowest BCUT2D eigenvalue weighted by Crippen LogP contribution is -2.52. The molecule has 0 heterocycles. The number of hydrogen-bond donors (Lipinski definition) is 1. The van der Waals surface area contributed by atoms with E-state index in [1.165, 1.54) is 10.4 Å². The highest BCUT2D eigenvalue weighted by molar-refractivity contribution is 9.11. The van der Waals surface area contributed by atoms with Crippen molar-refractivity contribution in [3.05, 3.63) is 57.0 Å². The number of carboxylic acid groups (broad SMARTS) is 1. The molecule has 2 aromatic rings. The van der Waals surface area contributed by atoms with Gasteiger partial charge in [-0.1, -0.05) is 53.8 Å². The van der Waals surface area contributed by atoms with Crippen LogP contribution < -0.4 is 10.4 Å². The quantitative estimate of drug-likeness (QED) is 0.778. The van der Waals surface area contributed by atoms with Crippen molar-refractivity contribution in [1.82, 2.24) is 0 Å². The number of halogens is 2. The van der Waals surface area contributed by atoms with Gasteiger partial charge in [0.25, 0.3) is 0 Å². The van der Waals surface area contributed by atoms with Crippen LogP contribution in [0.3, 0.4) is 0 Å². The third-order valence-corrected chi connectivity index (χ3v) is 8.23. The normalized spacial score (nSPS) is 11.4. The predicted molar refractivity (Wildman–Crippen MR) is 92.0 cm³/mol. The molecule has 0 unspecified atom stereocenters. The highest BCUT2D eigenvalue weighted by Gasteiger charge is 2.28. The molecule has 0 bridgehead atoms. The van der Waals surface area contributed by atoms with Gasteiger partial charge in [-0.25, -0.2) is 4.79 Å². The Morgan fingerprint density at radius 1 is 1.00 bits per heavy atom. The van der Waals surface area contributed by atoms with Gasteiger partial charge < -0.3 is 5.11 Å². The van der Waals surface area contributed by atoms with Gasteiger partial charge >= 0.3 is 5.97 Å². The van der Waals surface area contributed by atoms with E-state index in [-0.39, 0.29) is 5.56 Å². The van der Waals surface area contributed by atoms with E-state index >= 15 is 0 Å². The minimum absolute atomic E-state index is 0.270. The summed E-state index contributed by atoms with van der Waals surface area (Å²) >= 11 is 6.75. The Morgan fingerprint density at radius 3 is 1.95 bits per heavy atom. The number of carboxylic acids is 1. The van der Waals surface area contributed by atoms with Crippen LogP contribution in [0.4, 0.5) is 0 Å². The van der Waals surface area contributed by atoms with Crippen LogP contribution in [-0.2, 0) is 0 Å². The summed E-state index contributed by atoms with van der Waals surface area (Å²) < 4.78 is 1.23. The maximum absolute atomic E-state index is 11.2. The Balaban J connectivity index is 2.57. The monoisotopic (exact) mass is 412 g/mol. The van der Waals surface area contributed by atoms with Crippen LogP contribution in [0.2, 0.25) is 13.1 Å². The molecular formula is C15H14Br2O2Si. The van der Waals surface area contributed by atoms with Crippen molar-refractivity contribution >= 4 is 56.3 Å². The SMILES string of the molecule is C[Si](C)(c1ccccc1)c1cc(Br)c(C(=O)O)c(Br)c1.